The van der Waals surface area contributed by atoms with Gasteiger partial charge in [0.25, 0.3) is 0 Å². The van der Waals surface area contributed by atoms with Crippen molar-refractivity contribution in [3.8, 4) is 0 Å². The Labute approximate surface area is 74.4 Å². The molecule has 0 aliphatic rings. The molecule has 1 aromatic carbocycles. The number of thiocarbonyl (C=S) groups is 1. The molecule has 1 aromatic rings. The second-order valence-electron chi connectivity index (χ2n) is 2.00. The highest BCUT2D eigenvalue weighted by molar-refractivity contribution is 9.10. The molecular weight excluding hydrogens is 208 g/mol. The summed E-state index contributed by atoms with van der Waals surface area (Å²) in [6, 6.07) is 8.17. The van der Waals surface area contributed by atoms with Crippen molar-refractivity contribution in [1.29, 1.82) is 0 Å². The molecule has 0 atom stereocenters. The average molecular weight is 215 g/mol. The third-order valence-corrected chi connectivity index (χ3v) is 1.93. The molecule has 0 bridgehead atoms. The maximum absolute atomic E-state index is 4.73. The van der Waals surface area contributed by atoms with Crippen LogP contribution in [0.25, 0.3) is 0 Å². The van der Waals surface area contributed by atoms with Gasteiger partial charge in [0.15, 0.2) is 0 Å². The van der Waals surface area contributed by atoms with Gasteiger partial charge in [-0.1, -0.05) is 40.3 Å². The summed E-state index contributed by atoms with van der Waals surface area (Å²) >= 11 is 8.09. The number of benzene rings is 1. The van der Waals surface area contributed by atoms with Gasteiger partial charge in [-0.3, -0.25) is 0 Å². The lowest BCUT2D eigenvalue weighted by atomic mass is 10.2. The molecule has 0 saturated carbocycles. The topological polar surface area (TPSA) is 0 Å². The van der Waals surface area contributed by atoms with E-state index in [0.29, 0.717) is 0 Å². The van der Waals surface area contributed by atoms with Crippen LogP contribution >= 0.6 is 28.1 Å². The molecule has 0 N–H and O–H groups in total. The van der Waals surface area contributed by atoms with E-state index < -0.39 is 0 Å². The molecule has 0 aliphatic carbocycles. The van der Waals surface area contributed by atoms with Crippen molar-refractivity contribution in [3.05, 3.63) is 34.3 Å². The number of hydrogen-bond donors (Lipinski definition) is 0. The third-order valence-electron chi connectivity index (χ3n) is 1.23. The van der Waals surface area contributed by atoms with Crippen molar-refractivity contribution in [1.82, 2.24) is 0 Å². The molecule has 0 saturated heterocycles. The minimum absolute atomic E-state index is 0.878. The molecule has 0 amide bonds. The zero-order chi connectivity index (χ0) is 7.40. The Balaban J connectivity index is 2.78. The predicted molar refractivity (Wildman–Crippen MR) is 51.5 cm³/mol. The molecule has 0 spiro atoms. The van der Waals surface area contributed by atoms with Crippen LogP contribution in [-0.4, -0.2) is 5.37 Å². The van der Waals surface area contributed by atoms with E-state index in [2.05, 4.69) is 28.1 Å². The van der Waals surface area contributed by atoms with Gasteiger partial charge < -0.3 is 0 Å². The Kier molecular flexibility index (Phi) is 3.03. The highest BCUT2D eigenvalue weighted by Crippen LogP contribution is 2.10. The van der Waals surface area contributed by atoms with Gasteiger partial charge in [0.1, 0.15) is 0 Å². The van der Waals surface area contributed by atoms with E-state index in [-0.39, 0.29) is 0 Å². The summed E-state index contributed by atoms with van der Waals surface area (Å²) in [5.74, 6) is 0. The minimum Gasteiger partial charge on any atom is -0.0931 e. The quantitative estimate of drug-likeness (QED) is 0.683. The Morgan fingerprint density at radius 3 is 2.40 bits per heavy atom. The molecule has 10 heavy (non-hydrogen) atoms. The normalized spacial score (nSPS) is 9.30. The van der Waals surface area contributed by atoms with Crippen molar-refractivity contribution < 1.29 is 0 Å². The lowest BCUT2D eigenvalue weighted by Gasteiger charge is -1.93. The molecule has 2 heteroatoms. The van der Waals surface area contributed by atoms with Crippen LogP contribution in [0.3, 0.4) is 0 Å². The smallest absolute Gasteiger partial charge is 0.0175 e. The third kappa shape index (κ3) is 2.20. The van der Waals surface area contributed by atoms with Gasteiger partial charge >= 0.3 is 0 Å². The van der Waals surface area contributed by atoms with Gasteiger partial charge in [0.2, 0.25) is 0 Å². The second-order valence-corrected chi connectivity index (χ2v) is 3.25. The van der Waals surface area contributed by atoms with Crippen LogP contribution in [0.5, 0.6) is 0 Å². The summed E-state index contributed by atoms with van der Waals surface area (Å²) in [5, 5.41) is 1.74. The van der Waals surface area contributed by atoms with Crippen LogP contribution in [0.15, 0.2) is 28.7 Å². The first kappa shape index (κ1) is 7.89. The van der Waals surface area contributed by atoms with Gasteiger partial charge in [0, 0.05) is 10.9 Å². The standard InChI is InChI=1S/C8H7BrS/c9-8-3-1-7(2-4-8)5-6-10/h1-4,6H,5H2. The van der Waals surface area contributed by atoms with Gasteiger partial charge in [-0.25, -0.2) is 0 Å². The Hall–Kier alpha value is -0.210. The molecule has 0 radical (unpaired) electrons. The zero-order valence-corrected chi connectivity index (χ0v) is 7.78. The fraction of sp³-hybridized carbons (Fsp3) is 0.125. The number of halogens is 1. The molecule has 0 nitrogen and oxygen atoms in total. The molecule has 52 valence electrons. The summed E-state index contributed by atoms with van der Waals surface area (Å²) < 4.78 is 1.11. The van der Waals surface area contributed by atoms with E-state index in [4.69, 9.17) is 12.2 Å². The van der Waals surface area contributed by atoms with Gasteiger partial charge in [-0.2, -0.15) is 0 Å². The van der Waals surface area contributed by atoms with E-state index in [1.165, 1.54) is 5.56 Å². The van der Waals surface area contributed by atoms with E-state index in [9.17, 15) is 0 Å². The molecule has 1 rings (SSSR count). The molecule has 0 heterocycles. The van der Waals surface area contributed by atoms with Crippen molar-refractivity contribution in [2.75, 3.05) is 0 Å². The predicted octanol–water partition coefficient (Wildman–Crippen LogP) is 2.99. The largest absolute Gasteiger partial charge is 0.0931 e. The van der Waals surface area contributed by atoms with E-state index >= 15 is 0 Å². The highest BCUT2D eigenvalue weighted by Gasteiger charge is 1.87. The van der Waals surface area contributed by atoms with Crippen LogP contribution < -0.4 is 0 Å². The highest BCUT2D eigenvalue weighted by atomic mass is 79.9. The number of rotatable bonds is 2. The summed E-state index contributed by atoms with van der Waals surface area (Å²) in [7, 11) is 0. The summed E-state index contributed by atoms with van der Waals surface area (Å²) in [6.07, 6.45) is 0.878. The van der Waals surface area contributed by atoms with Crippen LogP contribution in [0.1, 0.15) is 5.56 Å². The summed E-state index contributed by atoms with van der Waals surface area (Å²) in [6.45, 7) is 0. The Morgan fingerprint density at radius 1 is 1.30 bits per heavy atom. The minimum atomic E-state index is 0.878. The summed E-state index contributed by atoms with van der Waals surface area (Å²) in [5.41, 5.74) is 1.26. The van der Waals surface area contributed by atoms with E-state index in [0.717, 1.165) is 10.9 Å². The van der Waals surface area contributed by atoms with Crippen molar-refractivity contribution in [3.63, 3.8) is 0 Å². The van der Waals surface area contributed by atoms with Crippen molar-refractivity contribution in [2.45, 2.75) is 6.42 Å². The first-order valence-corrected chi connectivity index (χ1v) is 4.27. The Morgan fingerprint density at radius 2 is 1.90 bits per heavy atom. The molecular formula is C8H7BrS. The van der Waals surface area contributed by atoms with Crippen molar-refractivity contribution >= 4 is 33.5 Å². The van der Waals surface area contributed by atoms with Gasteiger partial charge in [0.05, 0.1) is 0 Å². The fourth-order valence-electron chi connectivity index (χ4n) is 0.717. The molecule has 0 fully saturated rings. The zero-order valence-electron chi connectivity index (χ0n) is 5.38. The maximum Gasteiger partial charge on any atom is 0.0175 e. The maximum atomic E-state index is 4.73. The molecule has 0 aromatic heterocycles. The second kappa shape index (κ2) is 3.84. The Bertz CT molecular complexity index is 215. The molecule has 0 aliphatic heterocycles. The average Bonchev–Trinajstić information content (AvgIpc) is 1.95. The lowest BCUT2D eigenvalue weighted by molar-refractivity contribution is 1.37. The lowest BCUT2D eigenvalue weighted by Crippen LogP contribution is -1.81. The van der Waals surface area contributed by atoms with Gasteiger partial charge in [-0.15, -0.1) is 0 Å². The number of hydrogen-bond acceptors (Lipinski definition) is 1. The molecule has 0 unspecified atom stereocenters. The summed E-state index contributed by atoms with van der Waals surface area (Å²) in [4.78, 5) is 0. The van der Waals surface area contributed by atoms with Crippen molar-refractivity contribution in [2.24, 2.45) is 0 Å². The van der Waals surface area contributed by atoms with Crippen LogP contribution in [-0.2, 0) is 6.42 Å². The van der Waals surface area contributed by atoms with Crippen LogP contribution in [0.2, 0.25) is 0 Å². The van der Waals surface area contributed by atoms with Gasteiger partial charge in [-0.05, 0) is 23.1 Å². The van der Waals surface area contributed by atoms with E-state index in [1.807, 2.05) is 12.1 Å². The van der Waals surface area contributed by atoms with E-state index in [1.54, 1.807) is 5.37 Å². The first-order valence-electron chi connectivity index (χ1n) is 3.01. The van der Waals surface area contributed by atoms with Crippen LogP contribution in [0.4, 0.5) is 0 Å². The SMILES string of the molecule is S=CCc1ccc(Br)cc1. The monoisotopic (exact) mass is 214 g/mol. The van der Waals surface area contributed by atoms with Crippen LogP contribution in [0, 0.1) is 0 Å². The fourth-order valence-corrected chi connectivity index (χ4v) is 1.17. The first-order chi connectivity index (χ1) is 4.83.